The minimum atomic E-state index is -0.645. The van der Waals surface area contributed by atoms with Gasteiger partial charge in [-0.1, -0.05) is 15.9 Å². The second kappa shape index (κ2) is 4.71. The number of nitrogens with two attached hydrogens (primary N) is 1. The quantitative estimate of drug-likeness (QED) is 0.847. The number of rotatable bonds is 2. The summed E-state index contributed by atoms with van der Waals surface area (Å²) in [5, 5.41) is 0. The van der Waals surface area contributed by atoms with E-state index in [0.29, 0.717) is 5.69 Å². The Labute approximate surface area is 105 Å². The van der Waals surface area contributed by atoms with Crippen LogP contribution in [0, 0.1) is 11.6 Å². The summed E-state index contributed by atoms with van der Waals surface area (Å²) < 4.78 is 32.2. The van der Waals surface area contributed by atoms with E-state index < -0.39 is 11.6 Å². The van der Waals surface area contributed by atoms with Crippen LogP contribution in [0.4, 0.5) is 14.5 Å². The monoisotopic (exact) mass is 299 g/mol. The molecule has 88 valence electrons. The van der Waals surface area contributed by atoms with Crippen LogP contribution in [0.1, 0.15) is 0 Å². The van der Waals surface area contributed by atoms with Gasteiger partial charge in [0.25, 0.3) is 0 Å². The number of ether oxygens (including phenoxy) is 1. The summed E-state index contributed by atoms with van der Waals surface area (Å²) in [4.78, 5) is 0. The second-order valence-corrected chi connectivity index (χ2v) is 4.27. The highest BCUT2D eigenvalue weighted by Crippen LogP contribution is 2.31. The topological polar surface area (TPSA) is 35.2 Å². The first kappa shape index (κ1) is 11.9. The molecule has 0 aromatic heterocycles. The molecule has 2 aromatic carbocycles. The van der Waals surface area contributed by atoms with Crippen molar-refractivity contribution in [3.63, 3.8) is 0 Å². The van der Waals surface area contributed by atoms with Gasteiger partial charge in [-0.2, -0.15) is 0 Å². The predicted octanol–water partition coefficient (Wildman–Crippen LogP) is 4.10. The number of nitrogen functional groups attached to an aromatic ring is 1. The zero-order chi connectivity index (χ0) is 12.4. The van der Waals surface area contributed by atoms with Gasteiger partial charge in [0.15, 0.2) is 17.3 Å². The minimum Gasteiger partial charge on any atom is -0.452 e. The molecule has 0 aliphatic carbocycles. The van der Waals surface area contributed by atoms with Crippen LogP contribution in [-0.2, 0) is 0 Å². The molecular formula is C12H8BrF2NO. The fourth-order valence-electron chi connectivity index (χ4n) is 1.29. The summed E-state index contributed by atoms with van der Waals surface area (Å²) in [6.45, 7) is 0. The van der Waals surface area contributed by atoms with E-state index in [-0.39, 0.29) is 11.5 Å². The Morgan fingerprint density at radius 2 is 1.76 bits per heavy atom. The molecule has 0 radical (unpaired) electrons. The van der Waals surface area contributed by atoms with Crippen LogP contribution in [0.3, 0.4) is 0 Å². The molecule has 2 N–H and O–H groups in total. The van der Waals surface area contributed by atoms with Crippen molar-refractivity contribution in [2.24, 2.45) is 0 Å². The molecule has 0 aliphatic rings. The first-order valence-corrected chi connectivity index (χ1v) is 5.53. The Balaban J connectivity index is 2.34. The van der Waals surface area contributed by atoms with Crippen molar-refractivity contribution in [2.75, 3.05) is 5.73 Å². The number of benzene rings is 2. The van der Waals surface area contributed by atoms with Crippen LogP contribution in [-0.4, -0.2) is 0 Å². The molecule has 0 atom stereocenters. The first-order valence-electron chi connectivity index (χ1n) is 4.74. The maximum absolute atomic E-state index is 13.3. The molecule has 0 spiro atoms. The minimum absolute atomic E-state index is 0.195. The van der Waals surface area contributed by atoms with E-state index in [9.17, 15) is 8.78 Å². The predicted molar refractivity (Wildman–Crippen MR) is 65.0 cm³/mol. The lowest BCUT2D eigenvalue weighted by molar-refractivity contribution is 0.438. The smallest absolute Gasteiger partial charge is 0.166 e. The highest BCUT2D eigenvalue weighted by Gasteiger charge is 2.08. The molecule has 0 fully saturated rings. The lowest BCUT2D eigenvalue weighted by Gasteiger charge is -2.09. The number of hydrogen-bond donors (Lipinski definition) is 1. The van der Waals surface area contributed by atoms with Crippen molar-refractivity contribution < 1.29 is 13.5 Å². The Hall–Kier alpha value is -1.62. The third kappa shape index (κ3) is 2.74. The zero-order valence-corrected chi connectivity index (χ0v) is 10.2. The molecule has 2 aromatic rings. The van der Waals surface area contributed by atoms with Crippen molar-refractivity contribution >= 4 is 21.6 Å². The number of hydrogen-bond acceptors (Lipinski definition) is 2. The highest BCUT2D eigenvalue weighted by atomic mass is 79.9. The molecule has 2 rings (SSSR count). The largest absolute Gasteiger partial charge is 0.452 e. The fraction of sp³-hybridized carbons (Fsp3) is 0. The molecule has 17 heavy (non-hydrogen) atoms. The molecule has 0 unspecified atom stereocenters. The Morgan fingerprint density at radius 3 is 2.47 bits per heavy atom. The molecule has 2 nitrogen and oxygen atoms in total. The van der Waals surface area contributed by atoms with Gasteiger partial charge in [0, 0.05) is 10.5 Å². The first-order chi connectivity index (χ1) is 8.06. The van der Waals surface area contributed by atoms with E-state index in [0.717, 1.165) is 22.7 Å². The van der Waals surface area contributed by atoms with Crippen LogP contribution in [0.25, 0.3) is 0 Å². The molecule has 0 saturated heterocycles. The lowest BCUT2D eigenvalue weighted by Crippen LogP contribution is -1.94. The lowest BCUT2D eigenvalue weighted by atomic mass is 10.3. The third-order valence-corrected chi connectivity index (χ3v) is 2.58. The van der Waals surface area contributed by atoms with Gasteiger partial charge in [-0.05, 0) is 30.3 Å². The van der Waals surface area contributed by atoms with Crippen molar-refractivity contribution in [3.8, 4) is 11.5 Å². The van der Waals surface area contributed by atoms with E-state index in [4.69, 9.17) is 10.5 Å². The summed E-state index contributed by atoms with van der Waals surface area (Å²) in [5.41, 5.74) is 6.02. The van der Waals surface area contributed by atoms with Crippen LogP contribution in [0.2, 0.25) is 0 Å². The zero-order valence-electron chi connectivity index (χ0n) is 8.58. The van der Waals surface area contributed by atoms with Gasteiger partial charge in [-0.15, -0.1) is 0 Å². The molecule has 0 amide bonds. The Kier molecular flexibility index (Phi) is 3.28. The van der Waals surface area contributed by atoms with Crippen molar-refractivity contribution in [2.45, 2.75) is 0 Å². The maximum Gasteiger partial charge on any atom is 0.166 e. The van der Waals surface area contributed by atoms with Crippen LogP contribution < -0.4 is 10.5 Å². The van der Waals surface area contributed by atoms with Crippen molar-refractivity contribution in [3.05, 3.63) is 52.5 Å². The fourth-order valence-corrected chi connectivity index (χ4v) is 1.66. The van der Waals surface area contributed by atoms with Gasteiger partial charge < -0.3 is 10.5 Å². The molecule has 0 bridgehead atoms. The summed E-state index contributed by atoms with van der Waals surface area (Å²) in [6, 6.07) is 7.88. The van der Waals surface area contributed by atoms with E-state index in [1.807, 2.05) is 0 Å². The molecule has 0 saturated carbocycles. The molecule has 0 heterocycles. The maximum atomic E-state index is 13.3. The molecule has 0 aliphatic heterocycles. The molecule has 5 heteroatoms. The van der Waals surface area contributed by atoms with E-state index in [2.05, 4.69) is 15.9 Å². The van der Waals surface area contributed by atoms with E-state index in [1.54, 1.807) is 18.2 Å². The third-order valence-electron chi connectivity index (χ3n) is 2.08. The van der Waals surface area contributed by atoms with Crippen molar-refractivity contribution in [1.82, 2.24) is 0 Å². The summed E-state index contributed by atoms with van der Waals surface area (Å²) in [7, 11) is 0. The summed E-state index contributed by atoms with van der Waals surface area (Å²) >= 11 is 3.24. The van der Waals surface area contributed by atoms with Gasteiger partial charge >= 0.3 is 0 Å². The van der Waals surface area contributed by atoms with Crippen LogP contribution >= 0.6 is 15.9 Å². The second-order valence-electron chi connectivity index (χ2n) is 3.36. The van der Waals surface area contributed by atoms with E-state index >= 15 is 0 Å². The van der Waals surface area contributed by atoms with Gasteiger partial charge in [0.05, 0.1) is 5.69 Å². The molecular weight excluding hydrogens is 292 g/mol. The van der Waals surface area contributed by atoms with Crippen LogP contribution in [0.15, 0.2) is 40.9 Å². The van der Waals surface area contributed by atoms with Crippen LogP contribution in [0.5, 0.6) is 11.5 Å². The SMILES string of the molecule is Nc1cc(Br)ccc1Oc1cc(F)ccc1F. The van der Waals surface area contributed by atoms with Gasteiger partial charge in [-0.25, -0.2) is 8.78 Å². The number of halogens is 3. The summed E-state index contributed by atoms with van der Waals surface area (Å²) in [6.07, 6.45) is 0. The van der Waals surface area contributed by atoms with Gasteiger partial charge in [0.2, 0.25) is 0 Å². The van der Waals surface area contributed by atoms with E-state index in [1.165, 1.54) is 0 Å². The van der Waals surface area contributed by atoms with Gasteiger partial charge in [0.1, 0.15) is 5.82 Å². The normalized spacial score (nSPS) is 10.3. The number of anilines is 1. The van der Waals surface area contributed by atoms with Crippen molar-refractivity contribution in [1.29, 1.82) is 0 Å². The Morgan fingerprint density at radius 1 is 1.00 bits per heavy atom. The Bertz CT molecular complexity index is 560. The average Bonchev–Trinajstić information content (AvgIpc) is 2.27. The standard InChI is InChI=1S/C12H8BrF2NO/c13-7-1-4-11(10(16)5-7)17-12-6-8(14)2-3-9(12)15/h1-6H,16H2. The average molecular weight is 300 g/mol. The highest BCUT2D eigenvalue weighted by molar-refractivity contribution is 9.10. The summed E-state index contributed by atoms with van der Waals surface area (Å²) in [5.74, 6) is -1.14. The van der Waals surface area contributed by atoms with Gasteiger partial charge in [-0.3, -0.25) is 0 Å².